The summed E-state index contributed by atoms with van der Waals surface area (Å²) in [6, 6.07) is 7.50. The standard InChI is InChI=1S/C17H22N4O2/c1-18-17(23)14-8-4-5-11-21(14)16(22)10-9-15-19-12-6-2-3-7-13(12)20-15/h2-3,6-7,14H,4-5,8-11H2,1H3,(H,18,23)(H,19,20). The maximum Gasteiger partial charge on any atom is 0.242 e. The van der Waals surface area contributed by atoms with Crippen molar-refractivity contribution in [1.82, 2.24) is 20.2 Å². The van der Waals surface area contributed by atoms with Crippen molar-refractivity contribution in [3.8, 4) is 0 Å². The Hall–Kier alpha value is -2.37. The molecule has 0 saturated carbocycles. The van der Waals surface area contributed by atoms with Crippen LogP contribution in [-0.4, -0.2) is 46.3 Å². The Bertz CT molecular complexity index is 676. The lowest BCUT2D eigenvalue weighted by atomic mass is 10.0. The van der Waals surface area contributed by atoms with Crippen LogP contribution in [0.2, 0.25) is 0 Å². The molecule has 1 fully saturated rings. The van der Waals surface area contributed by atoms with Crippen LogP contribution < -0.4 is 5.32 Å². The van der Waals surface area contributed by atoms with Gasteiger partial charge in [-0.25, -0.2) is 4.98 Å². The maximum atomic E-state index is 12.5. The van der Waals surface area contributed by atoms with E-state index in [1.54, 1.807) is 11.9 Å². The van der Waals surface area contributed by atoms with E-state index in [1.165, 1.54) is 0 Å². The molecular weight excluding hydrogens is 292 g/mol. The van der Waals surface area contributed by atoms with Crippen molar-refractivity contribution >= 4 is 22.8 Å². The second kappa shape index (κ2) is 6.81. The average molecular weight is 314 g/mol. The first-order chi connectivity index (χ1) is 11.2. The summed E-state index contributed by atoms with van der Waals surface area (Å²) in [5.41, 5.74) is 1.90. The van der Waals surface area contributed by atoms with Gasteiger partial charge < -0.3 is 15.2 Å². The molecule has 0 spiro atoms. The molecule has 1 atom stereocenters. The topological polar surface area (TPSA) is 78.1 Å². The number of hydrogen-bond acceptors (Lipinski definition) is 3. The van der Waals surface area contributed by atoms with Crippen LogP contribution >= 0.6 is 0 Å². The average Bonchev–Trinajstić information content (AvgIpc) is 3.02. The highest BCUT2D eigenvalue weighted by Gasteiger charge is 2.31. The first-order valence-electron chi connectivity index (χ1n) is 8.13. The van der Waals surface area contributed by atoms with Crippen LogP contribution in [0.5, 0.6) is 0 Å². The molecule has 0 aliphatic carbocycles. The number of aryl methyl sites for hydroxylation is 1. The van der Waals surface area contributed by atoms with Crippen LogP contribution in [0.15, 0.2) is 24.3 Å². The zero-order valence-electron chi connectivity index (χ0n) is 13.3. The summed E-state index contributed by atoms with van der Waals surface area (Å²) in [4.78, 5) is 33.9. The van der Waals surface area contributed by atoms with Gasteiger partial charge in [-0.3, -0.25) is 9.59 Å². The first kappa shape index (κ1) is 15.5. The van der Waals surface area contributed by atoms with E-state index in [1.807, 2.05) is 24.3 Å². The van der Waals surface area contributed by atoms with Gasteiger partial charge in [-0.2, -0.15) is 0 Å². The number of para-hydroxylation sites is 2. The number of aromatic nitrogens is 2. The van der Waals surface area contributed by atoms with Crippen LogP contribution in [0.4, 0.5) is 0 Å². The maximum absolute atomic E-state index is 12.5. The van der Waals surface area contributed by atoms with E-state index in [4.69, 9.17) is 0 Å². The molecule has 6 nitrogen and oxygen atoms in total. The quantitative estimate of drug-likeness (QED) is 0.900. The molecule has 23 heavy (non-hydrogen) atoms. The minimum absolute atomic E-state index is 0.0266. The van der Waals surface area contributed by atoms with E-state index in [9.17, 15) is 9.59 Å². The number of nitrogens with zero attached hydrogens (tertiary/aromatic N) is 2. The zero-order chi connectivity index (χ0) is 16.2. The molecule has 2 N–H and O–H groups in total. The van der Waals surface area contributed by atoms with Gasteiger partial charge in [0.05, 0.1) is 11.0 Å². The Labute approximate surface area is 135 Å². The van der Waals surface area contributed by atoms with Crippen LogP contribution in [0, 0.1) is 0 Å². The highest BCUT2D eigenvalue weighted by Crippen LogP contribution is 2.19. The van der Waals surface area contributed by atoms with Gasteiger partial charge in [-0.05, 0) is 31.4 Å². The third-order valence-corrected chi connectivity index (χ3v) is 4.39. The van der Waals surface area contributed by atoms with E-state index in [-0.39, 0.29) is 17.9 Å². The van der Waals surface area contributed by atoms with Gasteiger partial charge in [0.2, 0.25) is 11.8 Å². The van der Waals surface area contributed by atoms with Crippen LogP contribution in [0.25, 0.3) is 11.0 Å². The molecule has 0 radical (unpaired) electrons. The highest BCUT2D eigenvalue weighted by atomic mass is 16.2. The summed E-state index contributed by atoms with van der Waals surface area (Å²) < 4.78 is 0. The Morgan fingerprint density at radius 2 is 2.17 bits per heavy atom. The molecule has 122 valence electrons. The monoisotopic (exact) mass is 314 g/mol. The molecule has 3 rings (SSSR count). The summed E-state index contributed by atoms with van der Waals surface area (Å²) in [6.45, 7) is 0.664. The molecule has 1 unspecified atom stereocenters. The highest BCUT2D eigenvalue weighted by molar-refractivity contribution is 5.87. The number of hydrogen-bond donors (Lipinski definition) is 2. The van der Waals surface area contributed by atoms with Crippen LogP contribution in [0.1, 0.15) is 31.5 Å². The fourth-order valence-corrected chi connectivity index (χ4v) is 3.16. The minimum Gasteiger partial charge on any atom is -0.357 e. The molecule has 1 aromatic heterocycles. The number of amides is 2. The number of carbonyl (C=O) groups excluding carboxylic acids is 2. The lowest BCUT2D eigenvalue weighted by molar-refractivity contribution is -0.142. The number of fused-ring (bicyclic) bond motifs is 1. The number of piperidine rings is 1. The number of aromatic amines is 1. The van der Waals surface area contributed by atoms with Crippen molar-refractivity contribution in [3.05, 3.63) is 30.1 Å². The molecule has 2 aromatic rings. The third kappa shape index (κ3) is 3.36. The fourth-order valence-electron chi connectivity index (χ4n) is 3.16. The molecule has 1 aliphatic heterocycles. The number of benzene rings is 1. The molecule has 2 amide bonds. The van der Waals surface area contributed by atoms with E-state index >= 15 is 0 Å². The number of nitrogens with one attached hydrogen (secondary N) is 2. The molecule has 1 aliphatic rings. The van der Waals surface area contributed by atoms with E-state index in [2.05, 4.69) is 15.3 Å². The normalized spacial score (nSPS) is 18.1. The molecule has 0 bridgehead atoms. The molecule has 1 saturated heterocycles. The lowest BCUT2D eigenvalue weighted by Gasteiger charge is -2.34. The second-order valence-corrected chi connectivity index (χ2v) is 5.91. The Kier molecular flexibility index (Phi) is 4.60. The Balaban J connectivity index is 1.64. The summed E-state index contributed by atoms with van der Waals surface area (Å²) in [6.07, 6.45) is 3.63. The van der Waals surface area contributed by atoms with Gasteiger partial charge in [-0.1, -0.05) is 12.1 Å². The number of rotatable bonds is 4. The third-order valence-electron chi connectivity index (χ3n) is 4.39. The first-order valence-corrected chi connectivity index (χ1v) is 8.13. The molecule has 1 aromatic carbocycles. The van der Waals surface area contributed by atoms with Gasteiger partial charge in [0.1, 0.15) is 11.9 Å². The van der Waals surface area contributed by atoms with Gasteiger partial charge in [0, 0.05) is 26.4 Å². The van der Waals surface area contributed by atoms with Crippen LogP contribution in [0.3, 0.4) is 0 Å². The zero-order valence-corrected chi connectivity index (χ0v) is 13.3. The predicted molar refractivity (Wildman–Crippen MR) is 87.8 cm³/mol. The van der Waals surface area contributed by atoms with Crippen molar-refractivity contribution < 1.29 is 9.59 Å². The number of likely N-dealkylation sites (N-methyl/N-ethyl adjacent to an activating group) is 1. The van der Waals surface area contributed by atoms with Crippen molar-refractivity contribution in [2.75, 3.05) is 13.6 Å². The van der Waals surface area contributed by atoms with E-state index in [0.717, 1.165) is 36.1 Å². The lowest BCUT2D eigenvalue weighted by Crippen LogP contribution is -2.51. The number of likely N-dealkylation sites (tertiary alicyclic amines) is 1. The minimum atomic E-state index is -0.322. The SMILES string of the molecule is CNC(=O)C1CCCCN1C(=O)CCc1nc2ccccc2[nH]1. The summed E-state index contributed by atoms with van der Waals surface area (Å²) >= 11 is 0. The van der Waals surface area contributed by atoms with Gasteiger partial charge >= 0.3 is 0 Å². The van der Waals surface area contributed by atoms with Crippen molar-refractivity contribution in [1.29, 1.82) is 0 Å². The summed E-state index contributed by atoms with van der Waals surface area (Å²) in [5, 5.41) is 2.66. The number of imidazole rings is 1. The summed E-state index contributed by atoms with van der Waals surface area (Å²) in [7, 11) is 1.62. The number of carbonyl (C=O) groups is 2. The molecule has 6 heteroatoms. The molecule has 2 heterocycles. The van der Waals surface area contributed by atoms with E-state index in [0.29, 0.717) is 19.4 Å². The van der Waals surface area contributed by atoms with Crippen molar-refractivity contribution in [3.63, 3.8) is 0 Å². The van der Waals surface area contributed by atoms with Gasteiger partial charge in [-0.15, -0.1) is 0 Å². The van der Waals surface area contributed by atoms with Crippen molar-refractivity contribution in [2.24, 2.45) is 0 Å². The van der Waals surface area contributed by atoms with Crippen LogP contribution in [-0.2, 0) is 16.0 Å². The largest absolute Gasteiger partial charge is 0.357 e. The fraction of sp³-hybridized carbons (Fsp3) is 0.471. The van der Waals surface area contributed by atoms with Gasteiger partial charge in [0.15, 0.2) is 0 Å². The molecular formula is C17H22N4O2. The second-order valence-electron chi connectivity index (χ2n) is 5.91. The Morgan fingerprint density at radius 1 is 1.35 bits per heavy atom. The van der Waals surface area contributed by atoms with Gasteiger partial charge in [0.25, 0.3) is 0 Å². The predicted octanol–water partition coefficient (Wildman–Crippen LogP) is 1.62. The summed E-state index contributed by atoms with van der Waals surface area (Å²) in [5.74, 6) is 0.772. The number of H-pyrrole nitrogens is 1. The van der Waals surface area contributed by atoms with E-state index < -0.39 is 0 Å². The smallest absolute Gasteiger partial charge is 0.242 e. The Morgan fingerprint density at radius 3 is 2.96 bits per heavy atom. The van der Waals surface area contributed by atoms with Crippen molar-refractivity contribution in [2.45, 2.75) is 38.1 Å².